The van der Waals surface area contributed by atoms with Gasteiger partial charge in [-0.2, -0.15) is 0 Å². The van der Waals surface area contributed by atoms with Crippen LogP contribution in [-0.4, -0.2) is 36.5 Å². The van der Waals surface area contributed by atoms with Crippen LogP contribution in [0.2, 0.25) is 0 Å². The molecule has 1 aliphatic rings. The van der Waals surface area contributed by atoms with Crippen molar-refractivity contribution in [1.29, 1.82) is 0 Å². The first-order valence-corrected chi connectivity index (χ1v) is 4.69. The van der Waals surface area contributed by atoms with Crippen LogP contribution in [0.3, 0.4) is 0 Å². The van der Waals surface area contributed by atoms with Gasteiger partial charge in [-0.1, -0.05) is 6.92 Å². The molecule has 1 fully saturated rings. The summed E-state index contributed by atoms with van der Waals surface area (Å²) in [7, 11) is 1.92. The van der Waals surface area contributed by atoms with Crippen molar-refractivity contribution >= 4 is 0 Å². The van der Waals surface area contributed by atoms with Gasteiger partial charge in [-0.3, -0.25) is 0 Å². The van der Waals surface area contributed by atoms with Gasteiger partial charge in [0.1, 0.15) is 0 Å². The van der Waals surface area contributed by atoms with Crippen molar-refractivity contribution in [3.8, 4) is 0 Å². The molecule has 3 nitrogen and oxygen atoms in total. The normalized spacial score (nSPS) is 33.0. The lowest BCUT2D eigenvalue weighted by atomic mass is 10.0. The predicted molar refractivity (Wildman–Crippen MR) is 48.1 cm³/mol. The van der Waals surface area contributed by atoms with Gasteiger partial charge in [-0.15, -0.1) is 0 Å². The summed E-state index contributed by atoms with van der Waals surface area (Å²) in [6.07, 6.45) is 2.10. The highest BCUT2D eigenvalue weighted by Crippen LogP contribution is 2.26. The second-order valence-corrected chi connectivity index (χ2v) is 3.50. The molecular formula is C9H19NO2. The van der Waals surface area contributed by atoms with Crippen molar-refractivity contribution in [2.45, 2.75) is 51.0 Å². The maximum absolute atomic E-state index is 9.43. The number of ether oxygens (including phenoxy) is 1. The highest BCUT2D eigenvalue weighted by Gasteiger charge is 2.40. The summed E-state index contributed by atoms with van der Waals surface area (Å²) in [5, 5.41) is 12.6. The summed E-state index contributed by atoms with van der Waals surface area (Å²) in [5.41, 5.74) is 0. The maximum atomic E-state index is 9.43. The Morgan fingerprint density at radius 1 is 1.58 bits per heavy atom. The third-order valence-corrected chi connectivity index (χ3v) is 2.52. The van der Waals surface area contributed by atoms with E-state index in [1.165, 1.54) is 0 Å². The molecule has 1 rings (SSSR count). The number of aliphatic hydroxyl groups is 1. The van der Waals surface area contributed by atoms with Gasteiger partial charge < -0.3 is 15.2 Å². The van der Waals surface area contributed by atoms with Crippen molar-refractivity contribution in [2.24, 2.45) is 0 Å². The van der Waals surface area contributed by atoms with Crippen LogP contribution in [-0.2, 0) is 4.74 Å². The number of likely N-dealkylation sites (N-methyl/N-ethyl adjacent to an activating group) is 1. The molecule has 0 aromatic heterocycles. The second-order valence-electron chi connectivity index (χ2n) is 3.50. The third-order valence-electron chi connectivity index (χ3n) is 2.52. The van der Waals surface area contributed by atoms with E-state index in [-0.39, 0.29) is 6.10 Å². The van der Waals surface area contributed by atoms with E-state index >= 15 is 0 Å². The first-order chi connectivity index (χ1) is 5.69. The van der Waals surface area contributed by atoms with Crippen molar-refractivity contribution < 1.29 is 9.84 Å². The molecule has 12 heavy (non-hydrogen) atoms. The number of hydrogen-bond donors (Lipinski definition) is 2. The summed E-state index contributed by atoms with van der Waals surface area (Å²) in [6, 6.07) is 0.315. The van der Waals surface area contributed by atoms with E-state index < -0.39 is 0 Å². The second kappa shape index (κ2) is 4.21. The fourth-order valence-corrected chi connectivity index (χ4v) is 1.50. The van der Waals surface area contributed by atoms with Crippen LogP contribution in [0.15, 0.2) is 0 Å². The number of aliphatic hydroxyl groups excluding tert-OH is 1. The minimum atomic E-state index is -0.196. The fourth-order valence-electron chi connectivity index (χ4n) is 1.50. The van der Waals surface area contributed by atoms with Crippen molar-refractivity contribution in [2.75, 3.05) is 7.05 Å². The molecule has 1 heterocycles. The van der Waals surface area contributed by atoms with E-state index in [4.69, 9.17) is 4.74 Å². The highest BCUT2D eigenvalue weighted by atomic mass is 16.6. The van der Waals surface area contributed by atoms with Gasteiger partial charge in [0.05, 0.1) is 18.3 Å². The van der Waals surface area contributed by atoms with Crippen LogP contribution in [0.1, 0.15) is 26.7 Å². The first kappa shape index (κ1) is 9.96. The van der Waals surface area contributed by atoms with E-state index in [2.05, 4.69) is 12.2 Å². The number of rotatable bonds is 5. The summed E-state index contributed by atoms with van der Waals surface area (Å²) >= 11 is 0. The molecule has 0 bridgehead atoms. The minimum Gasteiger partial charge on any atom is -0.393 e. The Labute approximate surface area is 74.1 Å². The summed E-state index contributed by atoms with van der Waals surface area (Å²) in [5.74, 6) is 0. The average Bonchev–Trinajstić information content (AvgIpc) is 2.77. The molecule has 2 N–H and O–H groups in total. The zero-order chi connectivity index (χ0) is 9.14. The monoisotopic (exact) mass is 173 g/mol. The molecule has 0 aromatic rings. The van der Waals surface area contributed by atoms with Crippen LogP contribution in [0.25, 0.3) is 0 Å². The van der Waals surface area contributed by atoms with Gasteiger partial charge in [0.25, 0.3) is 0 Å². The standard InChI is InChI=1S/C9H19NO2/c1-4-7(11)5-8(10-3)9-6(2)12-9/h6-11H,4-5H2,1-3H3/t6-,7?,8?,9-/m0/s1. The third kappa shape index (κ3) is 2.44. The maximum Gasteiger partial charge on any atom is 0.0992 e. The van der Waals surface area contributed by atoms with E-state index in [0.29, 0.717) is 18.2 Å². The van der Waals surface area contributed by atoms with E-state index in [1.807, 2.05) is 14.0 Å². The molecule has 1 aliphatic heterocycles. The Balaban J connectivity index is 2.26. The molecule has 0 radical (unpaired) electrons. The first-order valence-electron chi connectivity index (χ1n) is 4.69. The topological polar surface area (TPSA) is 44.8 Å². The van der Waals surface area contributed by atoms with E-state index in [0.717, 1.165) is 12.8 Å². The van der Waals surface area contributed by atoms with Crippen LogP contribution in [0, 0.1) is 0 Å². The van der Waals surface area contributed by atoms with Crippen LogP contribution >= 0.6 is 0 Å². The van der Waals surface area contributed by atoms with E-state index in [9.17, 15) is 5.11 Å². The molecule has 0 aromatic carbocycles. The lowest BCUT2D eigenvalue weighted by molar-refractivity contribution is 0.139. The quantitative estimate of drug-likeness (QED) is 0.596. The molecule has 0 saturated carbocycles. The zero-order valence-corrected chi connectivity index (χ0v) is 8.08. The molecule has 72 valence electrons. The van der Waals surface area contributed by atoms with Gasteiger partial charge in [0, 0.05) is 6.04 Å². The smallest absolute Gasteiger partial charge is 0.0992 e. The highest BCUT2D eigenvalue weighted by molar-refractivity contribution is 4.92. The zero-order valence-electron chi connectivity index (χ0n) is 8.08. The SMILES string of the molecule is CCC(O)CC(NC)[C@H]1O[C@H]1C. The average molecular weight is 173 g/mol. The number of hydrogen-bond acceptors (Lipinski definition) is 3. The molecule has 1 saturated heterocycles. The summed E-state index contributed by atoms with van der Waals surface area (Å²) in [6.45, 7) is 4.06. The van der Waals surface area contributed by atoms with Gasteiger partial charge in [-0.25, -0.2) is 0 Å². The van der Waals surface area contributed by atoms with Gasteiger partial charge in [-0.05, 0) is 26.8 Å². The molecular weight excluding hydrogens is 154 g/mol. The molecule has 2 unspecified atom stereocenters. The number of epoxide rings is 1. The van der Waals surface area contributed by atoms with E-state index in [1.54, 1.807) is 0 Å². The minimum absolute atomic E-state index is 0.196. The largest absolute Gasteiger partial charge is 0.393 e. The van der Waals surface area contributed by atoms with Gasteiger partial charge >= 0.3 is 0 Å². The Kier molecular flexibility index (Phi) is 3.50. The fraction of sp³-hybridized carbons (Fsp3) is 1.00. The summed E-state index contributed by atoms with van der Waals surface area (Å²) in [4.78, 5) is 0. The van der Waals surface area contributed by atoms with Crippen molar-refractivity contribution in [3.63, 3.8) is 0 Å². The molecule has 0 amide bonds. The van der Waals surface area contributed by atoms with Crippen LogP contribution in [0.4, 0.5) is 0 Å². The number of nitrogens with one attached hydrogen (secondary N) is 1. The molecule has 0 aliphatic carbocycles. The van der Waals surface area contributed by atoms with Crippen molar-refractivity contribution in [1.82, 2.24) is 5.32 Å². The predicted octanol–water partition coefficient (Wildman–Crippen LogP) is 0.523. The van der Waals surface area contributed by atoms with Gasteiger partial charge in [0.2, 0.25) is 0 Å². The molecule has 4 atom stereocenters. The van der Waals surface area contributed by atoms with Crippen LogP contribution < -0.4 is 5.32 Å². The van der Waals surface area contributed by atoms with Crippen LogP contribution in [0.5, 0.6) is 0 Å². The summed E-state index contributed by atoms with van der Waals surface area (Å²) < 4.78 is 5.34. The Morgan fingerprint density at radius 2 is 2.17 bits per heavy atom. The Hall–Kier alpha value is -0.120. The molecule has 3 heteroatoms. The Morgan fingerprint density at radius 3 is 2.50 bits per heavy atom. The molecule has 0 spiro atoms. The lowest BCUT2D eigenvalue weighted by Crippen LogP contribution is -2.35. The van der Waals surface area contributed by atoms with Gasteiger partial charge in [0.15, 0.2) is 0 Å². The van der Waals surface area contributed by atoms with Crippen molar-refractivity contribution in [3.05, 3.63) is 0 Å². The lowest BCUT2D eigenvalue weighted by Gasteiger charge is -2.16. The Bertz CT molecular complexity index is 140.